The van der Waals surface area contributed by atoms with Gasteiger partial charge in [-0.25, -0.2) is 4.79 Å². The van der Waals surface area contributed by atoms with E-state index in [1.54, 1.807) is 16.9 Å². The number of nitrogens with one attached hydrogen (secondary N) is 1. The predicted octanol–water partition coefficient (Wildman–Crippen LogP) is 1.85. The van der Waals surface area contributed by atoms with Gasteiger partial charge in [-0.15, -0.1) is 0 Å². The molecule has 22 heavy (non-hydrogen) atoms. The van der Waals surface area contributed by atoms with Crippen molar-refractivity contribution < 1.29 is 14.3 Å². The molecule has 0 aromatic heterocycles. The lowest BCUT2D eigenvalue weighted by molar-refractivity contribution is -0.117. The number of hydrogen-bond donors (Lipinski definition) is 1. The second-order valence-electron chi connectivity index (χ2n) is 5.23. The average molecular weight is 305 g/mol. The van der Waals surface area contributed by atoms with Crippen molar-refractivity contribution >= 4 is 17.6 Å². The maximum absolute atomic E-state index is 12.2. The molecule has 1 heterocycles. The Balaban J connectivity index is 2.03. The van der Waals surface area contributed by atoms with Crippen LogP contribution in [0.4, 0.5) is 10.5 Å². The van der Waals surface area contributed by atoms with Gasteiger partial charge in [-0.05, 0) is 26.0 Å². The summed E-state index contributed by atoms with van der Waals surface area (Å²) in [5.41, 5.74) is 0.795. The number of carbonyl (C=O) groups is 2. The van der Waals surface area contributed by atoms with Crippen LogP contribution in [0, 0.1) is 0 Å². The van der Waals surface area contributed by atoms with Gasteiger partial charge in [0.15, 0.2) is 0 Å². The highest BCUT2D eigenvalue weighted by molar-refractivity contribution is 5.97. The van der Waals surface area contributed by atoms with E-state index in [4.69, 9.17) is 4.74 Å². The monoisotopic (exact) mass is 305 g/mol. The van der Waals surface area contributed by atoms with Crippen LogP contribution in [0.15, 0.2) is 24.3 Å². The first-order valence-electron chi connectivity index (χ1n) is 7.58. The molecule has 1 aliphatic rings. The zero-order chi connectivity index (χ0) is 16.1. The van der Waals surface area contributed by atoms with Gasteiger partial charge in [0.1, 0.15) is 5.75 Å². The van der Waals surface area contributed by atoms with Gasteiger partial charge < -0.3 is 19.9 Å². The fourth-order valence-corrected chi connectivity index (χ4v) is 2.61. The Kier molecular flexibility index (Phi) is 5.25. The topological polar surface area (TPSA) is 61.9 Å². The molecule has 1 N–H and O–H groups in total. The molecule has 1 aromatic carbocycles. The van der Waals surface area contributed by atoms with E-state index in [1.165, 1.54) is 0 Å². The summed E-state index contributed by atoms with van der Waals surface area (Å²) in [4.78, 5) is 27.7. The standard InChI is InChI=1S/C16H23N3O3/c1-4-18(5-2)16(21)17-12-9-15(20)19(11-12)13-7-6-8-14(10-13)22-3/h6-8,10,12H,4-5,9,11H2,1-3H3,(H,17,21). The quantitative estimate of drug-likeness (QED) is 0.903. The largest absolute Gasteiger partial charge is 0.497 e. The predicted molar refractivity (Wildman–Crippen MR) is 85.2 cm³/mol. The van der Waals surface area contributed by atoms with Crippen molar-refractivity contribution in [1.29, 1.82) is 0 Å². The first-order valence-corrected chi connectivity index (χ1v) is 7.58. The summed E-state index contributed by atoms with van der Waals surface area (Å²) >= 11 is 0. The van der Waals surface area contributed by atoms with E-state index in [1.807, 2.05) is 38.1 Å². The minimum absolute atomic E-state index is 0.0121. The summed E-state index contributed by atoms with van der Waals surface area (Å²) in [6.07, 6.45) is 0.324. The Hall–Kier alpha value is -2.24. The highest BCUT2D eigenvalue weighted by Crippen LogP contribution is 2.25. The van der Waals surface area contributed by atoms with Crippen LogP contribution in [0.25, 0.3) is 0 Å². The average Bonchev–Trinajstić information content (AvgIpc) is 2.89. The molecule has 0 radical (unpaired) electrons. The first-order chi connectivity index (χ1) is 10.6. The third-order valence-electron chi connectivity index (χ3n) is 3.87. The fraction of sp³-hybridized carbons (Fsp3) is 0.500. The third-order valence-corrected chi connectivity index (χ3v) is 3.87. The molecule has 6 heteroatoms. The number of benzene rings is 1. The van der Waals surface area contributed by atoms with Gasteiger partial charge in [-0.2, -0.15) is 0 Å². The second kappa shape index (κ2) is 7.15. The first kappa shape index (κ1) is 16.1. The van der Waals surface area contributed by atoms with Crippen LogP contribution >= 0.6 is 0 Å². The molecule has 1 atom stereocenters. The Labute approximate surface area is 131 Å². The van der Waals surface area contributed by atoms with Crippen LogP contribution in [0.5, 0.6) is 5.75 Å². The zero-order valence-corrected chi connectivity index (χ0v) is 13.3. The van der Waals surface area contributed by atoms with Crippen LogP contribution < -0.4 is 15.0 Å². The van der Waals surface area contributed by atoms with E-state index in [0.717, 1.165) is 5.69 Å². The van der Waals surface area contributed by atoms with Crippen molar-refractivity contribution in [3.05, 3.63) is 24.3 Å². The van der Waals surface area contributed by atoms with Gasteiger partial charge >= 0.3 is 6.03 Å². The van der Waals surface area contributed by atoms with Crippen LogP contribution in [0.3, 0.4) is 0 Å². The van der Waals surface area contributed by atoms with Gasteiger partial charge in [0.2, 0.25) is 5.91 Å². The van der Waals surface area contributed by atoms with E-state index in [0.29, 0.717) is 31.8 Å². The number of amides is 3. The highest BCUT2D eigenvalue weighted by Gasteiger charge is 2.32. The van der Waals surface area contributed by atoms with Crippen LogP contribution in [0.2, 0.25) is 0 Å². The van der Waals surface area contributed by atoms with Crippen LogP contribution in [-0.2, 0) is 4.79 Å². The fourth-order valence-electron chi connectivity index (χ4n) is 2.61. The van der Waals surface area contributed by atoms with Crippen molar-refractivity contribution in [2.45, 2.75) is 26.3 Å². The lowest BCUT2D eigenvalue weighted by atomic mass is 10.2. The van der Waals surface area contributed by atoms with Crippen LogP contribution in [-0.4, -0.2) is 49.6 Å². The number of hydrogen-bond acceptors (Lipinski definition) is 3. The van der Waals surface area contributed by atoms with E-state index < -0.39 is 0 Å². The normalized spacial score (nSPS) is 17.5. The Bertz CT molecular complexity index is 543. The summed E-state index contributed by atoms with van der Waals surface area (Å²) in [6.45, 7) is 5.67. The Morgan fingerprint density at radius 2 is 2.14 bits per heavy atom. The number of rotatable bonds is 5. The number of nitrogens with zero attached hydrogens (tertiary/aromatic N) is 2. The second-order valence-corrected chi connectivity index (χ2v) is 5.23. The number of carbonyl (C=O) groups excluding carboxylic acids is 2. The van der Waals surface area contributed by atoms with Gasteiger partial charge in [-0.1, -0.05) is 6.07 Å². The number of methoxy groups -OCH3 is 1. The van der Waals surface area contributed by atoms with E-state index in [2.05, 4.69) is 5.32 Å². The molecule has 120 valence electrons. The molecule has 3 amide bonds. The molecule has 0 spiro atoms. The van der Waals surface area contributed by atoms with Crippen LogP contribution in [0.1, 0.15) is 20.3 Å². The highest BCUT2D eigenvalue weighted by atomic mass is 16.5. The number of ether oxygens (including phenoxy) is 1. The summed E-state index contributed by atoms with van der Waals surface area (Å²) < 4.78 is 5.19. The molecule has 6 nitrogen and oxygen atoms in total. The van der Waals surface area contributed by atoms with E-state index in [-0.39, 0.29) is 18.0 Å². The molecule has 1 fully saturated rings. The summed E-state index contributed by atoms with van der Waals surface area (Å²) in [5.74, 6) is 0.721. The van der Waals surface area contributed by atoms with Gasteiger partial charge in [0.25, 0.3) is 0 Å². The molecule has 1 aliphatic heterocycles. The molecular formula is C16H23N3O3. The minimum atomic E-state index is -0.160. The van der Waals surface area contributed by atoms with Gasteiger partial charge in [0.05, 0.1) is 13.2 Å². The Morgan fingerprint density at radius 3 is 2.77 bits per heavy atom. The summed E-state index contributed by atoms with van der Waals surface area (Å²) in [6, 6.07) is 7.11. The molecule has 0 bridgehead atoms. The smallest absolute Gasteiger partial charge is 0.317 e. The van der Waals surface area contributed by atoms with Crippen molar-refractivity contribution in [2.75, 3.05) is 31.6 Å². The van der Waals surface area contributed by atoms with E-state index in [9.17, 15) is 9.59 Å². The molecule has 1 unspecified atom stereocenters. The lowest BCUT2D eigenvalue weighted by Crippen LogP contribution is -2.45. The molecule has 1 aromatic rings. The van der Waals surface area contributed by atoms with E-state index >= 15 is 0 Å². The molecule has 0 saturated carbocycles. The summed E-state index contributed by atoms with van der Waals surface area (Å²) in [7, 11) is 1.60. The Morgan fingerprint density at radius 1 is 1.41 bits per heavy atom. The number of urea groups is 1. The van der Waals surface area contributed by atoms with Crippen molar-refractivity contribution in [1.82, 2.24) is 10.2 Å². The molecule has 0 aliphatic carbocycles. The molecule has 1 saturated heterocycles. The minimum Gasteiger partial charge on any atom is -0.497 e. The van der Waals surface area contributed by atoms with Crippen molar-refractivity contribution in [3.8, 4) is 5.75 Å². The van der Waals surface area contributed by atoms with Gasteiger partial charge in [-0.3, -0.25) is 4.79 Å². The molecular weight excluding hydrogens is 282 g/mol. The van der Waals surface area contributed by atoms with Crippen molar-refractivity contribution in [2.24, 2.45) is 0 Å². The number of anilines is 1. The lowest BCUT2D eigenvalue weighted by Gasteiger charge is -2.22. The maximum Gasteiger partial charge on any atom is 0.317 e. The summed E-state index contributed by atoms with van der Waals surface area (Å²) in [5, 5.41) is 2.93. The van der Waals surface area contributed by atoms with Crippen molar-refractivity contribution in [3.63, 3.8) is 0 Å². The molecule has 2 rings (SSSR count). The third kappa shape index (κ3) is 3.50. The maximum atomic E-state index is 12.2. The zero-order valence-electron chi connectivity index (χ0n) is 13.3. The SMILES string of the molecule is CCN(CC)C(=O)NC1CC(=O)N(c2cccc(OC)c2)C1. The van der Waals surface area contributed by atoms with Gasteiger partial charge in [0, 0.05) is 37.8 Å².